The van der Waals surface area contributed by atoms with Crippen LogP contribution < -0.4 is 19.7 Å². The van der Waals surface area contributed by atoms with E-state index in [1.807, 2.05) is 0 Å². The van der Waals surface area contributed by atoms with Crippen LogP contribution in [0.4, 0.5) is 5.82 Å². The van der Waals surface area contributed by atoms with Crippen molar-refractivity contribution >= 4 is 5.82 Å². The van der Waals surface area contributed by atoms with Crippen molar-refractivity contribution in [1.29, 1.82) is 0 Å². The summed E-state index contributed by atoms with van der Waals surface area (Å²) in [7, 11) is 3.18. The molecule has 88 valence electrons. The Hall–Kier alpha value is -1.56. The van der Waals surface area contributed by atoms with E-state index in [1.165, 1.54) is 0 Å². The Bertz CT molecular complexity index is 353. The smallest absolute Gasteiger partial charge is 0.318 e. The highest BCUT2D eigenvalue weighted by molar-refractivity contribution is 5.52. The summed E-state index contributed by atoms with van der Waals surface area (Å²) in [6, 6.07) is 0.370. The molecule has 1 aliphatic rings. The van der Waals surface area contributed by atoms with Crippen molar-refractivity contribution in [2.75, 3.05) is 45.3 Å². The van der Waals surface area contributed by atoms with Gasteiger partial charge in [-0.25, -0.2) is 0 Å². The molecule has 0 saturated carbocycles. The zero-order chi connectivity index (χ0) is 11.4. The van der Waals surface area contributed by atoms with Gasteiger partial charge in [0.25, 0.3) is 0 Å². The van der Waals surface area contributed by atoms with Crippen molar-refractivity contribution < 1.29 is 9.47 Å². The monoisotopic (exact) mass is 224 g/mol. The molecular formula is C10H16N4O2. The average Bonchev–Trinajstić information content (AvgIpc) is 2.39. The van der Waals surface area contributed by atoms with E-state index in [1.54, 1.807) is 20.4 Å². The van der Waals surface area contributed by atoms with Gasteiger partial charge in [0.2, 0.25) is 0 Å². The number of hydrogen-bond donors (Lipinski definition) is 1. The molecule has 1 fully saturated rings. The highest BCUT2D eigenvalue weighted by atomic mass is 16.5. The van der Waals surface area contributed by atoms with E-state index in [0.717, 1.165) is 32.0 Å². The lowest BCUT2D eigenvalue weighted by molar-refractivity contribution is 0.368. The number of rotatable bonds is 3. The van der Waals surface area contributed by atoms with E-state index in [4.69, 9.17) is 9.47 Å². The number of nitrogens with zero attached hydrogens (tertiary/aromatic N) is 3. The van der Waals surface area contributed by atoms with Crippen LogP contribution in [0.5, 0.6) is 11.8 Å². The SMILES string of the molecule is COc1ncc(OC)c(N2CCNCC2)n1. The van der Waals surface area contributed by atoms with Crippen LogP contribution >= 0.6 is 0 Å². The van der Waals surface area contributed by atoms with Crippen molar-refractivity contribution in [3.8, 4) is 11.8 Å². The van der Waals surface area contributed by atoms with Gasteiger partial charge in [-0.15, -0.1) is 0 Å². The van der Waals surface area contributed by atoms with Crippen molar-refractivity contribution in [3.63, 3.8) is 0 Å². The van der Waals surface area contributed by atoms with Gasteiger partial charge >= 0.3 is 6.01 Å². The zero-order valence-electron chi connectivity index (χ0n) is 9.56. The van der Waals surface area contributed by atoms with E-state index >= 15 is 0 Å². The Kier molecular flexibility index (Phi) is 3.40. The lowest BCUT2D eigenvalue weighted by Crippen LogP contribution is -2.44. The third-order valence-corrected chi connectivity index (χ3v) is 2.53. The minimum Gasteiger partial charge on any atom is -0.491 e. The van der Waals surface area contributed by atoms with Gasteiger partial charge in [0.1, 0.15) is 0 Å². The fourth-order valence-corrected chi connectivity index (χ4v) is 1.69. The first-order valence-electron chi connectivity index (χ1n) is 5.26. The Morgan fingerprint density at radius 1 is 1.25 bits per heavy atom. The summed E-state index contributed by atoms with van der Waals surface area (Å²) in [6.07, 6.45) is 1.64. The van der Waals surface area contributed by atoms with E-state index < -0.39 is 0 Å². The van der Waals surface area contributed by atoms with Crippen molar-refractivity contribution in [2.24, 2.45) is 0 Å². The summed E-state index contributed by atoms with van der Waals surface area (Å²) < 4.78 is 10.3. The number of ether oxygens (including phenoxy) is 2. The molecule has 0 atom stereocenters. The van der Waals surface area contributed by atoms with E-state index in [9.17, 15) is 0 Å². The van der Waals surface area contributed by atoms with Gasteiger partial charge in [-0.2, -0.15) is 9.97 Å². The van der Waals surface area contributed by atoms with Crippen LogP contribution in [0, 0.1) is 0 Å². The highest BCUT2D eigenvalue weighted by Crippen LogP contribution is 2.26. The molecule has 0 amide bonds. The number of anilines is 1. The highest BCUT2D eigenvalue weighted by Gasteiger charge is 2.17. The number of piperazine rings is 1. The molecule has 0 bridgehead atoms. The summed E-state index contributed by atoms with van der Waals surface area (Å²) in [5.41, 5.74) is 0. The number of aromatic nitrogens is 2. The molecule has 1 aromatic rings. The summed E-state index contributed by atoms with van der Waals surface area (Å²) in [6.45, 7) is 3.73. The molecule has 1 N–H and O–H groups in total. The first-order chi connectivity index (χ1) is 7.85. The number of hydrogen-bond acceptors (Lipinski definition) is 6. The molecular weight excluding hydrogens is 208 g/mol. The van der Waals surface area contributed by atoms with E-state index in [-0.39, 0.29) is 0 Å². The van der Waals surface area contributed by atoms with Crippen LogP contribution in [0.3, 0.4) is 0 Å². The van der Waals surface area contributed by atoms with Gasteiger partial charge in [0, 0.05) is 26.2 Å². The molecule has 6 nitrogen and oxygen atoms in total. The number of nitrogens with one attached hydrogen (secondary N) is 1. The predicted molar refractivity (Wildman–Crippen MR) is 60.2 cm³/mol. The molecule has 0 spiro atoms. The van der Waals surface area contributed by atoms with Gasteiger partial charge < -0.3 is 19.7 Å². The Labute approximate surface area is 94.6 Å². The van der Waals surface area contributed by atoms with Crippen LogP contribution in [-0.2, 0) is 0 Å². The molecule has 16 heavy (non-hydrogen) atoms. The Morgan fingerprint density at radius 2 is 2.00 bits per heavy atom. The van der Waals surface area contributed by atoms with Gasteiger partial charge in [0.05, 0.1) is 20.4 Å². The first-order valence-corrected chi connectivity index (χ1v) is 5.26. The standard InChI is InChI=1S/C10H16N4O2/c1-15-8-7-12-10(16-2)13-9(8)14-5-3-11-4-6-14/h7,11H,3-6H2,1-2H3. The third-order valence-electron chi connectivity index (χ3n) is 2.53. The third kappa shape index (κ3) is 2.16. The maximum absolute atomic E-state index is 5.26. The summed E-state index contributed by atoms with van der Waals surface area (Å²) in [5, 5.41) is 3.29. The lowest BCUT2D eigenvalue weighted by Gasteiger charge is -2.29. The largest absolute Gasteiger partial charge is 0.491 e. The second kappa shape index (κ2) is 4.98. The maximum atomic E-state index is 5.26. The normalized spacial score (nSPS) is 16.0. The summed E-state index contributed by atoms with van der Waals surface area (Å²) >= 11 is 0. The van der Waals surface area contributed by atoms with Gasteiger partial charge in [-0.3, -0.25) is 0 Å². The minimum atomic E-state index is 0.370. The second-order valence-corrected chi connectivity index (χ2v) is 3.49. The zero-order valence-corrected chi connectivity index (χ0v) is 9.56. The van der Waals surface area contributed by atoms with Crippen LogP contribution in [0.1, 0.15) is 0 Å². The van der Waals surface area contributed by atoms with Gasteiger partial charge in [0.15, 0.2) is 11.6 Å². The number of methoxy groups -OCH3 is 2. The van der Waals surface area contributed by atoms with Crippen molar-refractivity contribution in [2.45, 2.75) is 0 Å². The second-order valence-electron chi connectivity index (χ2n) is 3.49. The van der Waals surface area contributed by atoms with Gasteiger partial charge in [-0.1, -0.05) is 0 Å². The predicted octanol–water partition coefficient (Wildman–Crippen LogP) is -0.0966. The van der Waals surface area contributed by atoms with Crippen LogP contribution in [0.2, 0.25) is 0 Å². The summed E-state index contributed by atoms with van der Waals surface area (Å²) in [5.74, 6) is 1.48. The molecule has 2 rings (SSSR count). The minimum absolute atomic E-state index is 0.370. The molecule has 0 radical (unpaired) electrons. The molecule has 1 aliphatic heterocycles. The Morgan fingerprint density at radius 3 is 2.62 bits per heavy atom. The maximum Gasteiger partial charge on any atom is 0.318 e. The fraction of sp³-hybridized carbons (Fsp3) is 0.600. The van der Waals surface area contributed by atoms with Crippen molar-refractivity contribution in [3.05, 3.63) is 6.20 Å². The van der Waals surface area contributed by atoms with Crippen molar-refractivity contribution in [1.82, 2.24) is 15.3 Å². The van der Waals surface area contributed by atoms with Gasteiger partial charge in [-0.05, 0) is 0 Å². The molecule has 6 heteroatoms. The van der Waals surface area contributed by atoms with E-state index in [0.29, 0.717) is 11.8 Å². The summed E-state index contributed by atoms with van der Waals surface area (Å²) in [4.78, 5) is 10.5. The molecule has 0 unspecified atom stereocenters. The van der Waals surface area contributed by atoms with Crippen LogP contribution in [0.15, 0.2) is 6.20 Å². The van der Waals surface area contributed by atoms with E-state index in [2.05, 4.69) is 20.2 Å². The topological polar surface area (TPSA) is 59.5 Å². The molecule has 0 aromatic carbocycles. The lowest BCUT2D eigenvalue weighted by atomic mass is 10.3. The van der Waals surface area contributed by atoms with Crippen LogP contribution in [-0.4, -0.2) is 50.4 Å². The molecule has 1 aromatic heterocycles. The molecule has 2 heterocycles. The Balaban J connectivity index is 2.27. The molecule has 1 saturated heterocycles. The fourth-order valence-electron chi connectivity index (χ4n) is 1.69. The first kappa shape index (κ1) is 10.9. The quantitative estimate of drug-likeness (QED) is 0.774. The van der Waals surface area contributed by atoms with Crippen LogP contribution in [0.25, 0.3) is 0 Å². The molecule has 0 aliphatic carbocycles. The average molecular weight is 224 g/mol.